The van der Waals surface area contributed by atoms with E-state index in [2.05, 4.69) is 16.7 Å². The summed E-state index contributed by atoms with van der Waals surface area (Å²) in [7, 11) is 0. The van der Waals surface area contributed by atoms with E-state index in [9.17, 15) is 9.59 Å². The van der Waals surface area contributed by atoms with Crippen molar-refractivity contribution < 1.29 is 18.7 Å². The monoisotopic (exact) mass is 519 g/mol. The van der Waals surface area contributed by atoms with Crippen LogP contribution in [0.2, 0.25) is 0 Å². The van der Waals surface area contributed by atoms with Gasteiger partial charge in [0.05, 0.1) is 41.3 Å². The zero-order chi connectivity index (χ0) is 27.0. The number of rotatable bonds is 10. The Hall–Kier alpha value is -5.36. The quantitative estimate of drug-likeness (QED) is 0.165. The minimum absolute atomic E-state index is 0.0462. The van der Waals surface area contributed by atoms with Gasteiger partial charge >= 0.3 is 6.09 Å². The molecule has 2 aromatic heterocycles. The van der Waals surface area contributed by atoms with Gasteiger partial charge in [-0.2, -0.15) is 5.26 Å². The molecule has 0 atom stereocenters. The number of nitriles is 1. The van der Waals surface area contributed by atoms with Crippen molar-refractivity contribution in [3.05, 3.63) is 103 Å². The van der Waals surface area contributed by atoms with Crippen LogP contribution in [-0.4, -0.2) is 28.0 Å². The zero-order valence-electron chi connectivity index (χ0n) is 21.0. The molecule has 0 bridgehead atoms. The first-order valence-electron chi connectivity index (χ1n) is 12.4. The molecule has 0 aliphatic rings. The first-order chi connectivity index (χ1) is 19.1. The Kier molecular flexibility index (Phi) is 7.65. The first-order valence-corrected chi connectivity index (χ1v) is 12.4. The Morgan fingerprint density at radius 3 is 2.54 bits per heavy atom. The number of anilines is 2. The van der Waals surface area contributed by atoms with Gasteiger partial charge in [0, 0.05) is 17.8 Å². The second-order valence-corrected chi connectivity index (χ2v) is 8.73. The number of carbonyl (C=O) groups is 2. The number of amides is 1. The molecular weight excluding hydrogens is 494 g/mol. The maximum atomic E-state index is 13.3. The highest BCUT2D eigenvalue weighted by Crippen LogP contribution is 2.32. The van der Waals surface area contributed by atoms with Gasteiger partial charge in [0.1, 0.15) is 25.0 Å². The van der Waals surface area contributed by atoms with E-state index in [-0.39, 0.29) is 18.9 Å². The van der Waals surface area contributed by atoms with E-state index in [1.807, 2.05) is 59.2 Å². The van der Waals surface area contributed by atoms with Crippen LogP contribution in [-0.2, 0) is 17.9 Å². The molecule has 3 aromatic carbocycles. The van der Waals surface area contributed by atoms with Crippen molar-refractivity contribution in [2.45, 2.75) is 19.6 Å². The molecule has 2 heterocycles. The molecule has 5 aromatic rings. The predicted molar refractivity (Wildman–Crippen MR) is 147 cm³/mol. The molecule has 2 N–H and O–H groups in total. The van der Waals surface area contributed by atoms with Gasteiger partial charge in [-0.1, -0.05) is 42.5 Å². The summed E-state index contributed by atoms with van der Waals surface area (Å²) in [6, 6.07) is 25.8. The van der Waals surface area contributed by atoms with Gasteiger partial charge in [0.25, 0.3) is 0 Å². The van der Waals surface area contributed by atoms with Gasteiger partial charge in [-0.3, -0.25) is 10.1 Å². The summed E-state index contributed by atoms with van der Waals surface area (Å²) in [4.78, 5) is 30.3. The summed E-state index contributed by atoms with van der Waals surface area (Å²) >= 11 is 0. The predicted octanol–water partition coefficient (Wildman–Crippen LogP) is 6.25. The van der Waals surface area contributed by atoms with Crippen LogP contribution in [0.1, 0.15) is 22.3 Å². The number of hydrogen-bond donors (Lipinski definition) is 2. The van der Waals surface area contributed by atoms with Crippen LogP contribution in [0.3, 0.4) is 0 Å². The SMILES string of the molecule is N#CCCNc1cocc1-c1nc2ccccc2n1CC(=O)c1ccc(NC(=O)OCc2ccccc2)cc1. The summed E-state index contributed by atoms with van der Waals surface area (Å²) in [5.74, 6) is 0.456. The highest BCUT2D eigenvalue weighted by molar-refractivity contribution is 5.98. The van der Waals surface area contributed by atoms with Crippen LogP contribution in [0.25, 0.3) is 22.4 Å². The third kappa shape index (κ3) is 5.97. The fraction of sp³-hybridized carbons (Fsp3) is 0.133. The minimum Gasteiger partial charge on any atom is -0.470 e. The Labute approximate surface area is 224 Å². The topological polar surface area (TPSA) is 122 Å². The summed E-state index contributed by atoms with van der Waals surface area (Å²) < 4.78 is 12.5. The van der Waals surface area contributed by atoms with Crippen LogP contribution >= 0.6 is 0 Å². The molecule has 194 valence electrons. The highest BCUT2D eigenvalue weighted by Gasteiger charge is 2.20. The number of furan rings is 1. The van der Waals surface area contributed by atoms with Crippen molar-refractivity contribution in [1.29, 1.82) is 5.26 Å². The van der Waals surface area contributed by atoms with Gasteiger partial charge in [-0.05, 0) is 42.0 Å². The number of nitrogens with one attached hydrogen (secondary N) is 2. The number of aromatic nitrogens is 2. The zero-order valence-corrected chi connectivity index (χ0v) is 21.0. The number of imidazole rings is 1. The molecule has 0 aliphatic carbocycles. The molecule has 0 fully saturated rings. The number of hydrogen-bond acceptors (Lipinski definition) is 7. The van der Waals surface area contributed by atoms with Crippen LogP contribution in [0.5, 0.6) is 0 Å². The molecule has 0 saturated heterocycles. The van der Waals surface area contributed by atoms with Gasteiger partial charge in [0.15, 0.2) is 5.78 Å². The van der Waals surface area contributed by atoms with Crippen LogP contribution in [0.4, 0.5) is 16.2 Å². The number of ketones is 1. The lowest BCUT2D eigenvalue weighted by atomic mass is 10.1. The fourth-order valence-electron chi connectivity index (χ4n) is 4.15. The van der Waals surface area contributed by atoms with E-state index in [0.717, 1.165) is 16.6 Å². The maximum absolute atomic E-state index is 13.3. The third-order valence-corrected chi connectivity index (χ3v) is 6.08. The average molecular weight is 520 g/mol. The number of carbonyl (C=O) groups excluding carboxylic acids is 2. The van der Waals surface area contributed by atoms with Crippen molar-refractivity contribution in [2.24, 2.45) is 0 Å². The Morgan fingerprint density at radius 1 is 0.974 bits per heavy atom. The van der Waals surface area contributed by atoms with Crippen molar-refractivity contribution in [3.8, 4) is 17.5 Å². The molecule has 0 saturated carbocycles. The normalized spacial score (nSPS) is 10.6. The van der Waals surface area contributed by atoms with E-state index in [1.165, 1.54) is 0 Å². The molecule has 0 spiro atoms. The Bertz CT molecular complexity index is 1630. The van der Waals surface area contributed by atoms with E-state index in [4.69, 9.17) is 19.4 Å². The van der Waals surface area contributed by atoms with Crippen LogP contribution < -0.4 is 10.6 Å². The summed E-state index contributed by atoms with van der Waals surface area (Å²) in [6.45, 7) is 0.670. The standard InChI is InChI=1S/C30H25N5O4/c31-15-6-16-32-26-20-38-19-24(26)29-34-25-9-4-5-10-27(25)35(29)17-28(36)22-11-13-23(14-12-22)33-30(37)39-18-21-7-2-1-3-8-21/h1-5,7-14,19-20,32H,6,16-18H2,(H,33,37). The van der Waals surface area contributed by atoms with Crippen LogP contribution in [0, 0.1) is 11.3 Å². The third-order valence-electron chi connectivity index (χ3n) is 6.08. The van der Waals surface area contributed by atoms with E-state index >= 15 is 0 Å². The van der Waals surface area contributed by atoms with Gasteiger partial charge in [0.2, 0.25) is 0 Å². The lowest BCUT2D eigenvalue weighted by Gasteiger charge is -2.11. The molecule has 0 radical (unpaired) electrons. The lowest BCUT2D eigenvalue weighted by Crippen LogP contribution is -2.14. The van der Waals surface area contributed by atoms with Crippen molar-refractivity contribution in [2.75, 3.05) is 17.2 Å². The van der Waals surface area contributed by atoms with E-state index in [1.54, 1.807) is 36.8 Å². The molecule has 0 aliphatic heterocycles. The molecule has 1 amide bonds. The highest BCUT2D eigenvalue weighted by atomic mass is 16.5. The lowest BCUT2D eigenvalue weighted by molar-refractivity contribution is 0.0974. The summed E-state index contributed by atoms with van der Waals surface area (Å²) in [5, 5.41) is 14.7. The molecule has 0 unspecified atom stereocenters. The summed E-state index contributed by atoms with van der Waals surface area (Å²) in [6.07, 6.45) is 2.91. The Morgan fingerprint density at radius 2 is 1.74 bits per heavy atom. The number of ether oxygens (including phenoxy) is 1. The Balaban J connectivity index is 1.30. The van der Waals surface area contributed by atoms with E-state index in [0.29, 0.717) is 41.3 Å². The van der Waals surface area contributed by atoms with Crippen molar-refractivity contribution >= 4 is 34.3 Å². The average Bonchev–Trinajstić information content (AvgIpc) is 3.57. The summed E-state index contributed by atoms with van der Waals surface area (Å²) in [5.41, 5.74) is 4.85. The molecule has 5 rings (SSSR count). The van der Waals surface area contributed by atoms with Crippen molar-refractivity contribution in [3.63, 3.8) is 0 Å². The van der Waals surface area contributed by atoms with Gasteiger partial charge < -0.3 is 19.0 Å². The van der Waals surface area contributed by atoms with Crippen LogP contribution in [0.15, 0.2) is 95.8 Å². The van der Waals surface area contributed by atoms with Crippen molar-refractivity contribution in [1.82, 2.24) is 9.55 Å². The largest absolute Gasteiger partial charge is 0.470 e. The number of para-hydroxylation sites is 2. The molecule has 9 heteroatoms. The molecule has 9 nitrogen and oxygen atoms in total. The first kappa shape index (κ1) is 25.3. The van der Waals surface area contributed by atoms with Gasteiger partial charge in [-0.15, -0.1) is 0 Å². The van der Waals surface area contributed by atoms with E-state index < -0.39 is 6.09 Å². The fourth-order valence-corrected chi connectivity index (χ4v) is 4.15. The maximum Gasteiger partial charge on any atom is 0.411 e. The molecule has 39 heavy (non-hydrogen) atoms. The van der Waals surface area contributed by atoms with Gasteiger partial charge in [-0.25, -0.2) is 9.78 Å². The number of benzene rings is 3. The second-order valence-electron chi connectivity index (χ2n) is 8.73. The number of Topliss-reactive ketones (excluding diaryl/α,β-unsaturated/α-hetero) is 1. The smallest absolute Gasteiger partial charge is 0.411 e. The number of nitrogens with zero attached hydrogens (tertiary/aromatic N) is 3. The second kappa shape index (κ2) is 11.8. The molecular formula is C30H25N5O4. The minimum atomic E-state index is -0.577. The number of fused-ring (bicyclic) bond motifs is 1.